The minimum Gasteiger partial charge on any atom is -0.496 e. The van der Waals surface area contributed by atoms with Crippen LogP contribution in [0.4, 0.5) is 4.39 Å². The van der Waals surface area contributed by atoms with Gasteiger partial charge in [-0.2, -0.15) is 4.99 Å². The Balaban J connectivity index is 3.39. The molecule has 1 rings (SSSR count). The zero-order chi connectivity index (χ0) is 13.1. The van der Waals surface area contributed by atoms with Gasteiger partial charge >= 0.3 is 0 Å². The minimum atomic E-state index is -3.46. The summed E-state index contributed by atoms with van der Waals surface area (Å²) in [5.74, 6) is 0.115. The lowest BCUT2D eigenvalue weighted by Crippen LogP contribution is -2.01. The molecule has 0 amide bonds. The fraction of sp³-hybridized carbons (Fsp3) is 0.300. The Morgan fingerprint density at radius 2 is 2.12 bits per heavy atom. The van der Waals surface area contributed by atoms with Crippen LogP contribution in [0.3, 0.4) is 0 Å². The van der Waals surface area contributed by atoms with E-state index in [-0.39, 0.29) is 16.2 Å². The van der Waals surface area contributed by atoms with Crippen LogP contribution in [0.5, 0.6) is 5.75 Å². The average molecular weight is 259 g/mol. The maximum atomic E-state index is 13.4. The zero-order valence-electron chi connectivity index (χ0n) is 9.18. The van der Waals surface area contributed by atoms with Crippen molar-refractivity contribution in [2.24, 2.45) is 4.99 Å². The van der Waals surface area contributed by atoms with Crippen LogP contribution >= 0.6 is 0 Å². The molecule has 0 aliphatic heterocycles. The highest BCUT2D eigenvalue weighted by Crippen LogP contribution is 2.30. The van der Waals surface area contributed by atoms with Gasteiger partial charge in [0.15, 0.2) is 9.84 Å². The number of aliphatic imine (C=N–C) groups is 1. The summed E-state index contributed by atoms with van der Waals surface area (Å²) in [5.41, 5.74) is -0.126. The first-order valence-corrected chi connectivity index (χ1v) is 6.38. The van der Waals surface area contributed by atoms with Gasteiger partial charge in [0.2, 0.25) is 12.4 Å². The van der Waals surface area contributed by atoms with Crippen LogP contribution in [0.25, 0.3) is 0 Å². The molecular formula is C10H10FNO4S. The normalized spacial score (nSPS) is 12.6. The largest absolute Gasteiger partial charge is 0.496 e. The van der Waals surface area contributed by atoms with Crippen LogP contribution in [0.2, 0.25) is 0 Å². The first kappa shape index (κ1) is 13.3. The van der Waals surface area contributed by atoms with Crippen molar-refractivity contribution in [3.8, 4) is 5.75 Å². The van der Waals surface area contributed by atoms with Gasteiger partial charge in [0.05, 0.1) is 17.6 Å². The van der Waals surface area contributed by atoms with Crippen LogP contribution < -0.4 is 4.74 Å². The molecule has 7 heteroatoms. The molecule has 0 aromatic heterocycles. The van der Waals surface area contributed by atoms with Crippen LogP contribution in [0.1, 0.15) is 11.9 Å². The number of alkyl halides is 1. The summed E-state index contributed by atoms with van der Waals surface area (Å²) < 4.78 is 40.9. The quantitative estimate of drug-likeness (QED) is 0.465. The number of rotatable bonds is 4. The lowest BCUT2D eigenvalue weighted by Gasteiger charge is -2.10. The van der Waals surface area contributed by atoms with Crippen molar-refractivity contribution in [2.75, 3.05) is 13.4 Å². The summed E-state index contributed by atoms with van der Waals surface area (Å²) in [4.78, 5) is 12.8. The molecule has 0 N–H and O–H groups in total. The lowest BCUT2D eigenvalue weighted by molar-refractivity contribution is 0.333. The first-order chi connectivity index (χ1) is 7.90. The van der Waals surface area contributed by atoms with Crippen molar-refractivity contribution in [1.29, 1.82) is 0 Å². The number of halogens is 1. The Morgan fingerprint density at radius 1 is 1.47 bits per heavy atom. The molecule has 5 nitrogen and oxygen atoms in total. The maximum Gasteiger partial charge on any atom is 0.238 e. The Bertz CT molecular complexity index is 564. The summed E-state index contributed by atoms with van der Waals surface area (Å²) in [7, 11) is -2.16. The Hall–Kier alpha value is -1.72. The predicted molar refractivity (Wildman–Crippen MR) is 58.1 cm³/mol. The van der Waals surface area contributed by atoms with Gasteiger partial charge in [-0.15, -0.1) is 0 Å². The van der Waals surface area contributed by atoms with Gasteiger partial charge in [-0.3, -0.25) is 0 Å². The second-order valence-corrected chi connectivity index (χ2v) is 5.25. The van der Waals surface area contributed by atoms with E-state index in [2.05, 4.69) is 4.99 Å². The minimum absolute atomic E-state index is 0.0722. The molecule has 17 heavy (non-hydrogen) atoms. The molecule has 0 aliphatic carbocycles. The number of isocyanates is 1. The van der Waals surface area contributed by atoms with Crippen molar-refractivity contribution < 1.29 is 22.3 Å². The molecule has 92 valence electrons. The molecule has 1 aromatic rings. The molecule has 0 fully saturated rings. The maximum absolute atomic E-state index is 13.4. The third-order valence-corrected chi connectivity index (χ3v) is 3.16. The first-order valence-electron chi connectivity index (χ1n) is 4.49. The zero-order valence-corrected chi connectivity index (χ0v) is 9.99. The van der Waals surface area contributed by atoms with E-state index in [1.165, 1.54) is 19.2 Å². The van der Waals surface area contributed by atoms with Gasteiger partial charge < -0.3 is 4.74 Å². The van der Waals surface area contributed by atoms with Gasteiger partial charge in [0, 0.05) is 6.26 Å². The highest BCUT2D eigenvalue weighted by Gasteiger charge is 2.18. The monoisotopic (exact) mass is 259 g/mol. The Labute approximate surface area is 97.9 Å². The molecule has 0 radical (unpaired) electrons. The van der Waals surface area contributed by atoms with Crippen molar-refractivity contribution in [2.45, 2.75) is 11.2 Å². The van der Waals surface area contributed by atoms with Crippen molar-refractivity contribution in [1.82, 2.24) is 0 Å². The molecule has 1 atom stereocenters. The fourth-order valence-corrected chi connectivity index (χ4v) is 1.90. The number of hydrogen-bond acceptors (Lipinski definition) is 5. The van der Waals surface area contributed by atoms with Crippen LogP contribution in [-0.4, -0.2) is 27.9 Å². The molecule has 0 aliphatic rings. The predicted octanol–water partition coefficient (Wildman–Crippen LogP) is 1.40. The van der Waals surface area contributed by atoms with E-state index in [9.17, 15) is 17.6 Å². The number of sulfone groups is 1. The van der Waals surface area contributed by atoms with Crippen LogP contribution in [-0.2, 0) is 14.6 Å². The van der Waals surface area contributed by atoms with Gasteiger partial charge in [-0.25, -0.2) is 17.6 Å². The number of methoxy groups -OCH3 is 1. The van der Waals surface area contributed by atoms with Gasteiger partial charge in [-0.1, -0.05) is 0 Å². The number of nitrogens with zero attached hydrogens (tertiary/aromatic N) is 1. The van der Waals surface area contributed by atoms with E-state index in [0.717, 1.165) is 18.4 Å². The van der Waals surface area contributed by atoms with Crippen LogP contribution in [0, 0.1) is 0 Å². The second kappa shape index (κ2) is 5.07. The van der Waals surface area contributed by atoms with Gasteiger partial charge in [-0.05, 0) is 18.2 Å². The number of benzene rings is 1. The fourth-order valence-electron chi connectivity index (χ4n) is 1.25. The van der Waals surface area contributed by atoms with E-state index in [1.807, 2.05) is 0 Å². The summed E-state index contributed by atoms with van der Waals surface area (Å²) in [6.07, 6.45) is 0.0692. The summed E-state index contributed by atoms with van der Waals surface area (Å²) >= 11 is 0. The van der Waals surface area contributed by atoms with E-state index < -0.39 is 16.1 Å². The molecule has 1 unspecified atom stereocenters. The van der Waals surface area contributed by atoms with E-state index in [0.29, 0.717) is 0 Å². The van der Waals surface area contributed by atoms with E-state index in [1.54, 1.807) is 0 Å². The highest BCUT2D eigenvalue weighted by molar-refractivity contribution is 7.90. The molecular weight excluding hydrogens is 249 g/mol. The third kappa shape index (κ3) is 3.12. The van der Waals surface area contributed by atoms with Gasteiger partial charge in [0.25, 0.3) is 0 Å². The van der Waals surface area contributed by atoms with E-state index >= 15 is 0 Å². The Morgan fingerprint density at radius 3 is 2.59 bits per heavy atom. The van der Waals surface area contributed by atoms with Crippen LogP contribution in [0.15, 0.2) is 28.1 Å². The Kier molecular flexibility index (Phi) is 3.98. The topological polar surface area (TPSA) is 72.8 Å². The molecule has 0 saturated heterocycles. The number of carbonyl (C=O) groups excluding carboxylic acids is 1. The second-order valence-electron chi connectivity index (χ2n) is 3.23. The molecule has 0 saturated carbocycles. The third-order valence-electron chi connectivity index (χ3n) is 2.05. The summed E-state index contributed by atoms with van der Waals surface area (Å²) in [6.45, 7) is 0. The van der Waals surface area contributed by atoms with Crippen molar-refractivity contribution in [3.05, 3.63) is 23.8 Å². The summed E-state index contributed by atoms with van der Waals surface area (Å²) in [6, 6.07) is 3.67. The number of hydrogen-bond donors (Lipinski definition) is 0. The standard InChI is InChI=1S/C10H10FNO4S/c1-16-9-4-3-7(17(2,14)15)5-8(9)10(11)12-6-13/h3-5,10H,1-2H3. The molecule has 0 spiro atoms. The SMILES string of the molecule is COc1ccc(S(C)(=O)=O)cc1C(F)N=C=O. The average Bonchev–Trinajstić information content (AvgIpc) is 2.27. The van der Waals surface area contributed by atoms with Crippen molar-refractivity contribution in [3.63, 3.8) is 0 Å². The molecule has 1 aromatic carbocycles. The lowest BCUT2D eigenvalue weighted by atomic mass is 10.2. The summed E-state index contributed by atoms with van der Waals surface area (Å²) in [5, 5.41) is 0. The smallest absolute Gasteiger partial charge is 0.238 e. The molecule has 0 bridgehead atoms. The highest BCUT2D eigenvalue weighted by atomic mass is 32.2. The van der Waals surface area contributed by atoms with Gasteiger partial charge in [0.1, 0.15) is 5.75 Å². The molecule has 0 heterocycles. The van der Waals surface area contributed by atoms with Crippen molar-refractivity contribution >= 4 is 15.9 Å². The number of ether oxygens (including phenoxy) is 1. The van der Waals surface area contributed by atoms with E-state index in [4.69, 9.17) is 4.74 Å².